The Morgan fingerprint density at radius 3 is 2.86 bits per heavy atom. The third kappa shape index (κ3) is 3.37. The molecule has 2 aromatic heterocycles. The summed E-state index contributed by atoms with van der Waals surface area (Å²) in [7, 11) is 0. The zero-order chi connectivity index (χ0) is 15.6. The number of aromatic nitrogens is 3. The number of pyridine rings is 1. The summed E-state index contributed by atoms with van der Waals surface area (Å²) in [5.41, 5.74) is 1.39. The van der Waals surface area contributed by atoms with E-state index in [0.29, 0.717) is 18.0 Å². The summed E-state index contributed by atoms with van der Waals surface area (Å²) in [4.78, 5) is 21.1. The molecule has 2 atom stereocenters. The van der Waals surface area contributed by atoms with Gasteiger partial charge in [0.05, 0.1) is 5.38 Å². The van der Waals surface area contributed by atoms with E-state index >= 15 is 0 Å². The molecule has 0 saturated heterocycles. The number of imidazole rings is 1. The van der Waals surface area contributed by atoms with Crippen LogP contribution in [0.25, 0.3) is 11.2 Å². The standard InChI is InChI=1S/C14H18BrClN4O/c1-4-5-17-14(21)9(3)20-12(8(2)16)19-11-6-10(15)7-18-13(11)20/h6-9H,4-5H2,1-3H3,(H,17,21). The Bertz CT molecular complexity index is 656. The van der Waals surface area contributed by atoms with Crippen molar-refractivity contribution in [3.8, 4) is 0 Å². The van der Waals surface area contributed by atoms with Crippen LogP contribution >= 0.6 is 27.5 Å². The van der Waals surface area contributed by atoms with E-state index in [0.717, 1.165) is 16.4 Å². The molecule has 0 aliphatic heterocycles. The molecular weight excluding hydrogens is 356 g/mol. The largest absolute Gasteiger partial charge is 0.354 e. The van der Waals surface area contributed by atoms with Gasteiger partial charge in [-0.15, -0.1) is 11.6 Å². The molecule has 1 N–H and O–H groups in total. The fourth-order valence-electron chi connectivity index (χ4n) is 2.15. The molecule has 5 nitrogen and oxygen atoms in total. The highest BCUT2D eigenvalue weighted by atomic mass is 79.9. The summed E-state index contributed by atoms with van der Waals surface area (Å²) in [5.74, 6) is 0.593. The third-order valence-electron chi connectivity index (χ3n) is 3.20. The predicted molar refractivity (Wildman–Crippen MR) is 87.5 cm³/mol. The number of nitrogens with zero attached hydrogens (tertiary/aromatic N) is 3. The minimum atomic E-state index is -0.411. The lowest BCUT2D eigenvalue weighted by Crippen LogP contribution is -2.32. The van der Waals surface area contributed by atoms with Crippen molar-refractivity contribution in [3.63, 3.8) is 0 Å². The van der Waals surface area contributed by atoms with Crippen LogP contribution in [0.1, 0.15) is 44.4 Å². The quantitative estimate of drug-likeness (QED) is 0.815. The van der Waals surface area contributed by atoms with Crippen molar-refractivity contribution >= 4 is 44.6 Å². The average molecular weight is 374 g/mol. The molecule has 0 radical (unpaired) electrons. The number of nitrogens with one attached hydrogen (secondary N) is 1. The number of rotatable bonds is 5. The Morgan fingerprint density at radius 2 is 2.24 bits per heavy atom. The number of hydrogen-bond donors (Lipinski definition) is 1. The fourth-order valence-corrected chi connectivity index (χ4v) is 2.62. The molecule has 0 bridgehead atoms. The molecule has 2 heterocycles. The maximum Gasteiger partial charge on any atom is 0.242 e. The number of carbonyl (C=O) groups excluding carboxylic acids is 1. The molecule has 7 heteroatoms. The Labute approximate surface area is 137 Å². The highest BCUT2D eigenvalue weighted by Gasteiger charge is 2.24. The Kier molecular flexibility index (Phi) is 5.22. The van der Waals surface area contributed by atoms with Crippen LogP contribution in [0.4, 0.5) is 0 Å². The van der Waals surface area contributed by atoms with Crippen molar-refractivity contribution in [2.75, 3.05) is 6.54 Å². The highest BCUT2D eigenvalue weighted by Crippen LogP contribution is 2.28. The van der Waals surface area contributed by atoms with Crippen LogP contribution in [0.5, 0.6) is 0 Å². The van der Waals surface area contributed by atoms with E-state index in [1.165, 1.54) is 0 Å². The third-order valence-corrected chi connectivity index (χ3v) is 3.82. The van der Waals surface area contributed by atoms with E-state index in [-0.39, 0.29) is 11.3 Å². The van der Waals surface area contributed by atoms with Crippen LogP contribution < -0.4 is 5.32 Å². The van der Waals surface area contributed by atoms with Gasteiger partial charge in [-0.05, 0) is 42.3 Å². The van der Waals surface area contributed by atoms with Crippen molar-refractivity contribution in [3.05, 3.63) is 22.6 Å². The first-order chi connectivity index (χ1) is 9.95. The van der Waals surface area contributed by atoms with E-state index < -0.39 is 6.04 Å². The fraction of sp³-hybridized carbons (Fsp3) is 0.500. The molecule has 114 valence electrons. The molecule has 2 unspecified atom stereocenters. The van der Waals surface area contributed by atoms with Crippen LogP contribution in [0.2, 0.25) is 0 Å². The maximum atomic E-state index is 12.2. The summed E-state index contributed by atoms with van der Waals surface area (Å²) < 4.78 is 2.65. The Morgan fingerprint density at radius 1 is 1.52 bits per heavy atom. The number of alkyl halides is 1. The summed E-state index contributed by atoms with van der Waals surface area (Å²) in [6.45, 7) is 6.34. The lowest BCUT2D eigenvalue weighted by molar-refractivity contribution is -0.123. The molecule has 1 amide bonds. The maximum absolute atomic E-state index is 12.2. The van der Waals surface area contributed by atoms with Crippen molar-refractivity contribution in [1.82, 2.24) is 19.9 Å². The van der Waals surface area contributed by atoms with Crippen LogP contribution in [-0.4, -0.2) is 27.0 Å². The zero-order valence-electron chi connectivity index (χ0n) is 12.2. The lowest BCUT2D eigenvalue weighted by atomic mass is 10.2. The van der Waals surface area contributed by atoms with E-state index in [2.05, 4.69) is 31.2 Å². The van der Waals surface area contributed by atoms with Gasteiger partial charge in [0.15, 0.2) is 5.65 Å². The van der Waals surface area contributed by atoms with Gasteiger partial charge < -0.3 is 5.32 Å². The first-order valence-electron chi connectivity index (χ1n) is 6.90. The number of amides is 1. The summed E-state index contributed by atoms with van der Waals surface area (Å²) in [5, 5.41) is 2.59. The zero-order valence-corrected chi connectivity index (χ0v) is 14.6. The Hall–Kier alpha value is -1.14. The molecule has 0 saturated carbocycles. The van der Waals surface area contributed by atoms with E-state index in [9.17, 15) is 4.79 Å². The van der Waals surface area contributed by atoms with Crippen LogP contribution in [0, 0.1) is 0 Å². The second kappa shape index (κ2) is 6.75. The first kappa shape index (κ1) is 16.2. The van der Waals surface area contributed by atoms with Crippen molar-refractivity contribution in [2.45, 2.75) is 38.6 Å². The Balaban J connectivity index is 2.49. The number of carbonyl (C=O) groups is 1. The predicted octanol–water partition coefficient (Wildman–Crippen LogP) is 3.58. The van der Waals surface area contributed by atoms with Gasteiger partial charge in [-0.25, -0.2) is 9.97 Å². The van der Waals surface area contributed by atoms with Gasteiger partial charge in [0.2, 0.25) is 5.91 Å². The topological polar surface area (TPSA) is 59.8 Å². The molecule has 0 fully saturated rings. The monoisotopic (exact) mass is 372 g/mol. The summed E-state index contributed by atoms with van der Waals surface area (Å²) in [6.07, 6.45) is 2.59. The van der Waals surface area contributed by atoms with Crippen molar-refractivity contribution in [2.24, 2.45) is 0 Å². The first-order valence-corrected chi connectivity index (χ1v) is 8.13. The minimum absolute atomic E-state index is 0.0561. The van der Waals surface area contributed by atoms with Gasteiger partial charge in [0.25, 0.3) is 0 Å². The smallest absolute Gasteiger partial charge is 0.242 e. The van der Waals surface area contributed by atoms with Crippen molar-refractivity contribution in [1.29, 1.82) is 0 Å². The van der Waals surface area contributed by atoms with Crippen LogP contribution in [-0.2, 0) is 4.79 Å². The molecule has 0 aliphatic rings. The second-order valence-electron chi connectivity index (χ2n) is 4.92. The number of fused-ring (bicyclic) bond motifs is 1. The van der Waals surface area contributed by atoms with E-state index in [1.54, 1.807) is 6.20 Å². The van der Waals surface area contributed by atoms with Crippen molar-refractivity contribution < 1.29 is 4.79 Å². The van der Waals surface area contributed by atoms with Crippen LogP contribution in [0.15, 0.2) is 16.7 Å². The molecule has 21 heavy (non-hydrogen) atoms. The summed E-state index contributed by atoms with van der Waals surface area (Å²) >= 11 is 9.60. The van der Waals surface area contributed by atoms with Crippen LogP contribution in [0.3, 0.4) is 0 Å². The molecule has 0 aliphatic carbocycles. The van der Waals surface area contributed by atoms with Gasteiger partial charge in [-0.2, -0.15) is 0 Å². The number of halogens is 2. The normalized spacial score (nSPS) is 14.1. The van der Waals surface area contributed by atoms with Gasteiger partial charge in [0.1, 0.15) is 17.4 Å². The van der Waals surface area contributed by atoms with E-state index in [4.69, 9.17) is 11.6 Å². The average Bonchev–Trinajstić information content (AvgIpc) is 2.82. The van der Waals surface area contributed by atoms with Gasteiger partial charge in [-0.3, -0.25) is 9.36 Å². The van der Waals surface area contributed by atoms with Gasteiger partial charge in [0, 0.05) is 17.2 Å². The number of hydrogen-bond acceptors (Lipinski definition) is 3. The molecule has 2 rings (SSSR count). The molecule has 0 spiro atoms. The molecular formula is C14H18BrClN4O. The van der Waals surface area contributed by atoms with E-state index in [1.807, 2.05) is 31.4 Å². The highest BCUT2D eigenvalue weighted by molar-refractivity contribution is 9.10. The van der Waals surface area contributed by atoms with Gasteiger partial charge in [-0.1, -0.05) is 6.92 Å². The SMILES string of the molecule is CCCNC(=O)C(C)n1c(C(C)Cl)nc2cc(Br)cnc21. The molecule has 2 aromatic rings. The summed E-state index contributed by atoms with van der Waals surface area (Å²) in [6, 6.07) is 1.46. The van der Waals surface area contributed by atoms with Gasteiger partial charge >= 0.3 is 0 Å². The minimum Gasteiger partial charge on any atom is -0.354 e. The second-order valence-corrected chi connectivity index (χ2v) is 6.49. The molecule has 0 aromatic carbocycles. The lowest BCUT2D eigenvalue weighted by Gasteiger charge is -2.17.